The van der Waals surface area contributed by atoms with Crippen molar-refractivity contribution in [2.75, 3.05) is 26.2 Å². The first kappa shape index (κ1) is 16.0. The first-order chi connectivity index (χ1) is 10.2. The van der Waals surface area contributed by atoms with Gasteiger partial charge in [-0.05, 0) is 43.6 Å². The third kappa shape index (κ3) is 4.83. The molecule has 1 aliphatic rings. The van der Waals surface area contributed by atoms with Crippen molar-refractivity contribution in [3.05, 3.63) is 35.4 Å². The molecule has 116 valence electrons. The van der Waals surface area contributed by atoms with Crippen molar-refractivity contribution < 1.29 is 9.53 Å². The molecule has 1 aromatic rings. The number of hydrogen-bond donors (Lipinski definition) is 1. The highest BCUT2D eigenvalue weighted by Crippen LogP contribution is 2.11. The molecule has 0 spiro atoms. The fourth-order valence-electron chi connectivity index (χ4n) is 2.58. The number of nitrogens with zero attached hydrogens (tertiary/aromatic N) is 1. The lowest BCUT2D eigenvalue weighted by atomic mass is 10.1. The zero-order valence-corrected chi connectivity index (χ0v) is 13.1. The quantitative estimate of drug-likeness (QED) is 0.838. The predicted octanol–water partition coefficient (Wildman–Crippen LogP) is 2.44. The molecular formula is C17H26N2O2. The third-order valence-electron chi connectivity index (χ3n) is 4.03. The molecule has 0 radical (unpaired) electrons. The maximum atomic E-state index is 12.1. The van der Waals surface area contributed by atoms with Gasteiger partial charge in [-0.15, -0.1) is 0 Å². The Bertz CT molecular complexity index is 435. The molecule has 0 aromatic heterocycles. The Morgan fingerprint density at radius 2 is 2.00 bits per heavy atom. The maximum Gasteiger partial charge on any atom is 0.251 e. The van der Waals surface area contributed by atoms with E-state index >= 15 is 0 Å². The van der Waals surface area contributed by atoms with Gasteiger partial charge < -0.3 is 10.1 Å². The van der Waals surface area contributed by atoms with Crippen molar-refractivity contribution in [3.8, 4) is 0 Å². The average molecular weight is 290 g/mol. The summed E-state index contributed by atoms with van der Waals surface area (Å²) in [6, 6.07) is 7.89. The van der Waals surface area contributed by atoms with E-state index in [2.05, 4.69) is 24.1 Å². The fourth-order valence-corrected chi connectivity index (χ4v) is 2.58. The largest absolute Gasteiger partial charge is 0.376 e. The Morgan fingerprint density at radius 3 is 2.57 bits per heavy atom. The van der Waals surface area contributed by atoms with Gasteiger partial charge in [0.05, 0.1) is 6.10 Å². The smallest absolute Gasteiger partial charge is 0.251 e. The van der Waals surface area contributed by atoms with Gasteiger partial charge in [-0.2, -0.15) is 0 Å². The van der Waals surface area contributed by atoms with Crippen molar-refractivity contribution in [1.82, 2.24) is 10.2 Å². The summed E-state index contributed by atoms with van der Waals surface area (Å²) in [5.74, 6) is -0.0140. The molecule has 1 atom stereocenters. The lowest BCUT2D eigenvalue weighted by molar-refractivity contribution is 0.0858. The molecule has 2 rings (SSSR count). The van der Waals surface area contributed by atoms with E-state index in [4.69, 9.17) is 4.74 Å². The van der Waals surface area contributed by atoms with Crippen LogP contribution in [0.25, 0.3) is 0 Å². The summed E-state index contributed by atoms with van der Waals surface area (Å²) in [5.41, 5.74) is 1.96. The summed E-state index contributed by atoms with van der Waals surface area (Å²) >= 11 is 0. The fraction of sp³-hybridized carbons (Fsp3) is 0.588. The lowest BCUT2D eigenvalue weighted by Crippen LogP contribution is -2.31. The molecule has 0 aliphatic carbocycles. The van der Waals surface area contributed by atoms with Crippen LogP contribution in [0.2, 0.25) is 0 Å². The molecule has 1 saturated heterocycles. The van der Waals surface area contributed by atoms with Gasteiger partial charge in [0.25, 0.3) is 5.91 Å². The SMILES string of the molecule is CCN(CC)Cc1ccc(C(=O)NCC2CCCO2)cc1. The minimum atomic E-state index is -0.0140. The number of nitrogens with one attached hydrogen (secondary N) is 1. The van der Waals surface area contributed by atoms with E-state index < -0.39 is 0 Å². The molecule has 1 heterocycles. The van der Waals surface area contributed by atoms with Crippen molar-refractivity contribution >= 4 is 5.91 Å². The molecular weight excluding hydrogens is 264 g/mol. The van der Waals surface area contributed by atoms with Gasteiger partial charge in [0.15, 0.2) is 0 Å². The number of carbonyl (C=O) groups excluding carboxylic acids is 1. The summed E-state index contributed by atoms with van der Waals surface area (Å²) in [6.45, 7) is 8.78. The molecule has 1 amide bonds. The van der Waals surface area contributed by atoms with E-state index in [1.165, 1.54) is 5.56 Å². The summed E-state index contributed by atoms with van der Waals surface area (Å²) < 4.78 is 5.51. The van der Waals surface area contributed by atoms with Crippen LogP contribution in [0.3, 0.4) is 0 Å². The molecule has 4 heteroatoms. The second-order valence-corrected chi connectivity index (χ2v) is 5.50. The highest BCUT2D eigenvalue weighted by molar-refractivity contribution is 5.94. The molecule has 0 saturated carbocycles. The first-order valence-corrected chi connectivity index (χ1v) is 7.94. The van der Waals surface area contributed by atoms with Crippen molar-refractivity contribution in [3.63, 3.8) is 0 Å². The molecule has 4 nitrogen and oxygen atoms in total. The van der Waals surface area contributed by atoms with Crippen LogP contribution in [0.4, 0.5) is 0 Å². The van der Waals surface area contributed by atoms with Crippen LogP contribution in [0.5, 0.6) is 0 Å². The second kappa shape index (κ2) is 8.15. The first-order valence-electron chi connectivity index (χ1n) is 7.94. The Kier molecular flexibility index (Phi) is 6.21. The number of benzene rings is 1. The molecule has 1 unspecified atom stereocenters. The van der Waals surface area contributed by atoms with E-state index in [1.807, 2.05) is 24.3 Å². The maximum absolute atomic E-state index is 12.1. The number of rotatable bonds is 7. The van der Waals surface area contributed by atoms with Gasteiger partial charge in [0, 0.05) is 25.3 Å². The Labute approximate surface area is 127 Å². The van der Waals surface area contributed by atoms with Crippen LogP contribution in [0.1, 0.15) is 42.6 Å². The minimum Gasteiger partial charge on any atom is -0.376 e. The molecule has 1 aromatic carbocycles. The topological polar surface area (TPSA) is 41.6 Å². The minimum absolute atomic E-state index is 0.0140. The van der Waals surface area contributed by atoms with Crippen LogP contribution in [0, 0.1) is 0 Å². The standard InChI is InChI=1S/C17H26N2O2/c1-3-19(4-2)13-14-7-9-15(10-8-14)17(20)18-12-16-6-5-11-21-16/h7-10,16H,3-6,11-13H2,1-2H3,(H,18,20). The van der Waals surface area contributed by atoms with Gasteiger partial charge in [-0.3, -0.25) is 9.69 Å². The molecule has 0 bridgehead atoms. The molecule has 1 fully saturated rings. The predicted molar refractivity (Wildman–Crippen MR) is 84.4 cm³/mol. The van der Waals surface area contributed by atoms with Crippen LogP contribution in [-0.4, -0.2) is 43.2 Å². The number of ether oxygens (including phenoxy) is 1. The third-order valence-corrected chi connectivity index (χ3v) is 4.03. The second-order valence-electron chi connectivity index (χ2n) is 5.50. The molecule has 1 N–H and O–H groups in total. The van der Waals surface area contributed by atoms with Crippen molar-refractivity contribution in [2.24, 2.45) is 0 Å². The molecule has 1 aliphatic heterocycles. The Morgan fingerprint density at radius 1 is 1.29 bits per heavy atom. The van der Waals surface area contributed by atoms with Crippen LogP contribution in [-0.2, 0) is 11.3 Å². The van der Waals surface area contributed by atoms with Crippen molar-refractivity contribution in [1.29, 1.82) is 0 Å². The van der Waals surface area contributed by atoms with E-state index in [9.17, 15) is 4.79 Å². The number of hydrogen-bond acceptors (Lipinski definition) is 3. The normalized spacial score (nSPS) is 18.1. The summed E-state index contributed by atoms with van der Waals surface area (Å²) in [4.78, 5) is 14.4. The summed E-state index contributed by atoms with van der Waals surface area (Å²) in [7, 11) is 0. The zero-order chi connectivity index (χ0) is 15.1. The van der Waals surface area contributed by atoms with Crippen LogP contribution < -0.4 is 5.32 Å². The zero-order valence-electron chi connectivity index (χ0n) is 13.1. The number of amides is 1. The van der Waals surface area contributed by atoms with Gasteiger partial charge in [-0.1, -0.05) is 26.0 Å². The van der Waals surface area contributed by atoms with Crippen LogP contribution in [0.15, 0.2) is 24.3 Å². The Hall–Kier alpha value is -1.39. The number of carbonyl (C=O) groups is 1. The van der Waals surface area contributed by atoms with Gasteiger partial charge >= 0.3 is 0 Å². The van der Waals surface area contributed by atoms with E-state index in [0.29, 0.717) is 6.54 Å². The van der Waals surface area contributed by atoms with Crippen LogP contribution >= 0.6 is 0 Å². The van der Waals surface area contributed by atoms with E-state index in [0.717, 1.165) is 44.6 Å². The Balaban J connectivity index is 1.84. The monoisotopic (exact) mass is 290 g/mol. The van der Waals surface area contributed by atoms with E-state index in [-0.39, 0.29) is 12.0 Å². The van der Waals surface area contributed by atoms with Crippen molar-refractivity contribution in [2.45, 2.75) is 39.3 Å². The highest BCUT2D eigenvalue weighted by atomic mass is 16.5. The summed E-state index contributed by atoms with van der Waals surface area (Å²) in [6.07, 6.45) is 2.33. The lowest BCUT2D eigenvalue weighted by Gasteiger charge is -2.18. The highest BCUT2D eigenvalue weighted by Gasteiger charge is 2.16. The van der Waals surface area contributed by atoms with Gasteiger partial charge in [0.2, 0.25) is 0 Å². The van der Waals surface area contributed by atoms with E-state index in [1.54, 1.807) is 0 Å². The average Bonchev–Trinajstić information content (AvgIpc) is 3.04. The van der Waals surface area contributed by atoms with Gasteiger partial charge in [-0.25, -0.2) is 0 Å². The van der Waals surface area contributed by atoms with Gasteiger partial charge in [0.1, 0.15) is 0 Å². The summed E-state index contributed by atoms with van der Waals surface area (Å²) in [5, 5.41) is 2.95. The molecule has 21 heavy (non-hydrogen) atoms.